The Morgan fingerprint density at radius 3 is 2.44 bits per heavy atom. The summed E-state index contributed by atoms with van der Waals surface area (Å²) in [6, 6.07) is 6.31. The van der Waals surface area contributed by atoms with Gasteiger partial charge in [-0.05, 0) is 69.4 Å². The van der Waals surface area contributed by atoms with Gasteiger partial charge in [0.25, 0.3) is 0 Å². The third kappa shape index (κ3) is 6.99. The summed E-state index contributed by atoms with van der Waals surface area (Å²) in [4.78, 5) is 26.3. The summed E-state index contributed by atoms with van der Waals surface area (Å²) in [7, 11) is 0. The van der Waals surface area contributed by atoms with E-state index >= 15 is 0 Å². The average Bonchev–Trinajstić information content (AvgIpc) is 2.82. The van der Waals surface area contributed by atoms with Crippen LogP contribution in [0, 0.1) is 11.7 Å². The van der Waals surface area contributed by atoms with Gasteiger partial charge in [-0.25, -0.2) is 14.4 Å². The third-order valence-electron chi connectivity index (χ3n) is 5.92. The highest BCUT2D eigenvalue weighted by Gasteiger charge is 2.27. The van der Waals surface area contributed by atoms with Crippen LogP contribution in [-0.4, -0.2) is 60.0 Å². The van der Waals surface area contributed by atoms with Gasteiger partial charge in [0.05, 0.1) is 5.92 Å². The fourth-order valence-corrected chi connectivity index (χ4v) is 4.28. The quantitative estimate of drug-likeness (QED) is 0.532. The molecule has 1 aliphatic rings. The topological polar surface area (TPSA) is 61.4 Å². The minimum absolute atomic E-state index is 0.0356. The van der Waals surface area contributed by atoms with Crippen LogP contribution in [0.5, 0.6) is 0 Å². The Hall–Kier alpha value is -2.54. The lowest BCUT2D eigenvalue weighted by Gasteiger charge is -2.32. The van der Waals surface area contributed by atoms with E-state index in [0.717, 1.165) is 76.0 Å². The van der Waals surface area contributed by atoms with Crippen LogP contribution in [0.3, 0.4) is 0 Å². The summed E-state index contributed by atoms with van der Waals surface area (Å²) in [5.41, 5.74) is 1.73. The molecule has 1 amide bonds. The minimum Gasteiger partial charge on any atom is -0.356 e. The summed E-state index contributed by atoms with van der Waals surface area (Å²) in [5.74, 6) is 0.480. The van der Waals surface area contributed by atoms with Crippen molar-refractivity contribution in [2.75, 3.05) is 44.2 Å². The number of rotatable bonds is 11. The first-order valence-electron chi connectivity index (χ1n) is 11.9. The normalized spacial score (nSPS) is 16.4. The Kier molecular flexibility index (Phi) is 9.41. The average molecular weight is 442 g/mol. The Balaban J connectivity index is 1.48. The molecule has 1 fully saturated rings. The van der Waals surface area contributed by atoms with Crippen molar-refractivity contribution in [1.82, 2.24) is 20.2 Å². The molecule has 1 atom stereocenters. The van der Waals surface area contributed by atoms with Crippen molar-refractivity contribution >= 4 is 11.9 Å². The fraction of sp³-hybridized carbons (Fsp3) is 0.560. The van der Waals surface area contributed by atoms with E-state index in [1.54, 1.807) is 24.5 Å². The van der Waals surface area contributed by atoms with Gasteiger partial charge < -0.3 is 15.1 Å². The second kappa shape index (κ2) is 12.5. The molecule has 0 saturated carbocycles. The van der Waals surface area contributed by atoms with Gasteiger partial charge in [-0.1, -0.05) is 26.0 Å². The predicted molar refractivity (Wildman–Crippen MR) is 127 cm³/mol. The largest absolute Gasteiger partial charge is 0.356 e. The van der Waals surface area contributed by atoms with Crippen LogP contribution in [0.15, 0.2) is 36.7 Å². The molecule has 2 aromatic rings. The standard InChI is InChI=1S/C25H36FN5O/c1-3-13-30(14-4-2)15-6-12-27-24(32)21-7-5-16-31(19-21)25-28-17-22(18-29-25)20-8-10-23(26)11-9-20/h8-11,17-18,21H,3-7,12-16,19H2,1-2H3,(H,27,32)/t21-/m0/s1. The smallest absolute Gasteiger partial charge is 0.225 e. The predicted octanol–water partition coefficient (Wildman–Crippen LogP) is 4.13. The number of amides is 1. The molecule has 0 bridgehead atoms. The Labute approximate surface area is 191 Å². The number of piperidine rings is 1. The lowest BCUT2D eigenvalue weighted by Crippen LogP contribution is -2.44. The van der Waals surface area contributed by atoms with Gasteiger partial charge in [-0.3, -0.25) is 4.79 Å². The van der Waals surface area contributed by atoms with Crippen molar-refractivity contribution < 1.29 is 9.18 Å². The Morgan fingerprint density at radius 1 is 1.09 bits per heavy atom. The maximum atomic E-state index is 13.1. The van der Waals surface area contributed by atoms with Crippen molar-refractivity contribution in [2.24, 2.45) is 5.92 Å². The van der Waals surface area contributed by atoms with Crippen LogP contribution in [0.1, 0.15) is 46.0 Å². The van der Waals surface area contributed by atoms with Crippen molar-refractivity contribution in [3.05, 3.63) is 42.5 Å². The number of hydrogen-bond donors (Lipinski definition) is 1. The maximum Gasteiger partial charge on any atom is 0.225 e. The van der Waals surface area contributed by atoms with Crippen LogP contribution >= 0.6 is 0 Å². The van der Waals surface area contributed by atoms with Crippen molar-refractivity contribution in [1.29, 1.82) is 0 Å². The molecule has 0 spiro atoms. The van der Waals surface area contributed by atoms with E-state index in [-0.39, 0.29) is 17.6 Å². The molecule has 32 heavy (non-hydrogen) atoms. The number of benzene rings is 1. The van der Waals surface area contributed by atoms with E-state index in [4.69, 9.17) is 0 Å². The molecule has 0 aliphatic carbocycles. The Morgan fingerprint density at radius 2 is 1.78 bits per heavy atom. The van der Waals surface area contributed by atoms with Gasteiger partial charge in [-0.2, -0.15) is 0 Å². The summed E-state index contributed by atoms with van der Waals surface area (Å²) in [6.45, 7) is 9.91. The minimum atomic E-state index is -0.261. The van der Waals surface area contributed by atoms with E-state index in [0.29, 0.717) is 12.5 Å². The van der Waals surface area contributed by atoms with Crippen molar-refractivity contribution in [3.63, 3.8) is 0 Å². The lowest BCUT2D eigenvalue weighted by molar-refractivity contribution is -0.125. The van der Waals surface area contributed by atoms with Gasteiger partial charge in [-0.15, -0.1) is 0 Å². The summed E-state index contributed by atoms with van der Waals surface area (Å²) >= 11 is 0. The molecule has 1 saturated heterocycles. The van der Waals surface area contributed by atoms with Crippen molar-refractivity contribution in [2.45, 2.75) is 46.0 Å². The van der Waals surface area contributed by atoms with Crippen molar-refractivity contribution in [3.8, 4) is 11.1 Å². The maximum absolute atomic E-state index is 13.1. The van der Waals surface area contributed by atoms with Crippen LogP contribution in [-0.2, 0) is 4.79 Å². The number of aromatic nitrogens is 2. The number of anilines is 1. The summed E-state index contributed by atoms with van der Waals surface area (Å²) in [6.07, 6.45) is 8.68. The number of nitrogens with one attached hydrogen (secondary N) is 1. The zero-order chi connectivity index (χ0) is 22.8. The molecular formula is C25H36FN5O. The number of halogens is 1. The Bertz CT molecular complexity index is 821. The zero-order valence-electron chi connectivity index (χ0n) is 19.4. The monoisotopic (exact) mass is 441 g/mol. The lowest BCUT2D eigenvalue weighted by atomic mass is 9.97. The van der Waals surface area contributed by atoms with E-state index in [2.05, 4.69) is 38.9 Å². The highest BCUT2D eigenvalue weighted by Crippen LogP contribution is 2.23. The third-order valence-corrected chi connectivity index (χ3v) is 5.92. The molecule has 174 valence electrons. The highest BCUT2D eigenvalue weighted by atomic mass is 19.1. The summed E-state index contributed by atoms with van der Waals surface area (Å²) in [5, 5.41) is 3.14. The molecule has 1 aromatic heterocycles. The van der Waals surface area contributed by atoms with Gasteiger partial charge in [0.2, 0.25) is 11.9 Å². The van der Waals surface area contributed by atoms with Gasteiger partial charge in [0, 0.05) is 37.6 Å². The molecule has 3 rings (SSSR count). The van der Waals surface area contributed by atoms with Crippen LogP contribution in [0.2, 0.25) is 0 Å². The molecule has 2 heterocycles. The molecule has 7 heteroatoms. The molecule has 1 aliphatic heterocycles. The molecule has 1 N–H and O–H groups in total. The molecule has 0 unspecified atom stereocenters. The van der Waals surface area contributed by atoms with E-state index in [9.17, 15) is 9.18 Å². The number of carbonyl (C=O) groups excluding carboxylic acids is 1. The molecular weight excluding hydrogens is 405 g/mol. The van der Waals surface area contributed by atoms with E-state index in [1.165, 1.54) is 12.1 Å². The van der Waals surface area contributed by atoms with E-state index < -0.39 is 0 Å². The second-order valence-electron chi connectivity index (χ2n) is 8.55. The van der Waals surface area contributed by atoms with Crippen LogP contribution in [0.25, 0.3) is 11.1 Å². The molecule has 0 radical (unpaired) electrons. The van der Waals surface area contributed by atoms with E-state index in [1.807, 2.05) is 0 Å². The van der Waals surface area contributed by atoms with Gasteiger partial charge in [0.15, 0.2) is 0 Å². The molecule has 1 aromatic carbocycles. The molecule has 6 nitrogen and oxygen atoms in total. The highest BCUT2D eigenvalue weighted by molar-refractivity contribution is 5.79. The second-order valence-corrected chi connectivity index (χ2v) is 8.55. The van der Waals surface area contributed by atoms with Crippen LogP contribution < -0.4 is 10.2 Å². The first-order valence-corrected chi connectivity index (χ1v) is 11.9. The SMILES string of the molecule is CCCN(CCC)CCCNC(=O)[C@H]1CCCN(c2ncc(-c3ccc(F)cc3)cn2)C1. The zero-order valence-corrected chi connectivity index (χ0v) is 19.4. The fourth-order valence-electron chi connectivity index (χ4n) is 4.28. The van der Waals surface area contributed by atoms with Gasteiger partial charge >= 0.3 is 0 Å². The number of carbonyl (C=O) groups is 1. The van der Waals surface area contributed by atoms with Gasteiger partial charge in [0.1, 0.15) is 5.82 Å². The number of hydrogen-bond acceptors (Lipinski definition) is 5. The summed E-state index contributed by atoms with van der Waals surface area (Å²) < 4.78 is 13.1. The first kappa shape index (κ1) is 24.1. The number of nitrogens with zero attached hydrogens (tertiary/aromatic N) is 4. The van der Waals surface area contributed by atoms with Crippen LogP contribution in [0.4, 0.5) is 10.3 Å². The first-order chi connectivity index (χ1) is 15.6.